The fraction of sp³-hybridized carbons (Fsp3) is 0.462. The van der Waals surface area contributed by atoms with E-state index in [-0.39, 0.29) is 24.7 Å². The Labute approximate surface area is 116 Å². The molecule has 0 aliphatic carbocycles. The molecule has 2 rings (SSSR count). The van der Waals surface area contributed by atoms with Gasteiger partial charge in [-0.15, -0.1) is 0 Å². The minimum atomic E-state index is -0.459. The van der Waals surface area contributed by atoms with Crippen LogP contribution in [0.5, 0.6) is 0 Å². The van der Waals surface area contributed by atoms with E-state index in [0.29, 0.717) is 25.2 Å². The molecular formula is C13H17N3O4. The van der Waals surface area contributed by atoms with Crippen molar-refractivity contribution in [2.45, 2.75) is 6.42 Å². The standard InChI is InChI=1S/C13H17N3O4/c1-14(6-7-17)9-13(18)15-5-4-10-2-3-11(16(19)20)8-12(10)15/h2-3,8,17H,4-7,9H2,1H3. The van der Waals surface area contributed by atoms with Crippen molar-refractivity contribution < 1.29 is 14.8 Å². The molecular weight excluding hydrogens is 262 g/mol. The molecule has 1 N–H and O–H groups in total. The Morgan fingerprint density at radius 3 is 2.95 bits per heavy atom. The summed E-state index contributed by atoms with van der Waals surface area (Å²) in [6.07, 6.45) is 0.711. The predicted octanol–water partition coefficient (Wildman–Crippen LogP) is 0.408. The lowest BCUT2D eigenvalue weighted by atomic mass is 10.1. The van der Waals surface area contributed by atoms with Crippen molar-refractivity contribution in [3.05, 3.63) is 33.9 Å². The molecule has 1 heterocycles. The largest absolute Gasteiger partial charge is 0.395 e. The smallest absolute Gasteiger partial charge is 0.271 e. The van der Waals surface area contributed by atoms with Crippen molar-refractivity contribution in [3.8, 4) is 0 Å². The van der Waals surface area contributed by atoms with Crippen molar-refractivity contribution >= 4 is 17.3 Å². The Morgan fingerprint density at radius 2 is 2.30 bits per heavy atom. The molecule has 0 bridgehead atoms. The molecule has 7 nitrogen and oxygen atoms in total. The van der Waals surface area contributed by atoms with Gasteiger partial charge in [-0.1, -0.05) is 6.07 Å². The Balaban J connectivity index is 2.16. The molecule has 1 amide bonds. The van der Waals surface area contributed by atoms with Gasteiger partial charge in [0.15, 0.2) is 0 Å². The Hall–Kier alpha value is -1.99. The molecule has 0 fully saturated rings. The minimum absolute atomic E-state index is 0.00726. The first kappa shape index (κ1) is 14.4. The lowest BCUT2D eigenvalue weighted by Crippen LogP contribution is -2.39. The third-order valence-corrected chi connectivity index (χ3v) is 3.36. The topological polar surface area (TPSA) is 86.9 Å². The number of likely N-dealkylation sites (N-methyl/N-ethyl adjacent to an activating group) is 1. The molecule has 0 radical (unpaired) electrons. The summed E-state index contributed by atoms with van der Waals surface area (Å²) in [5.74, 6) is -0.111. The third kappa shape index (κ3) is 2.94. The Kier molecular flexibility index (Phi) is 4.31. The van der Waals surface area contributed by atoms with Gasteiger partial charge in [-0.2, -0.15) is 0 Å². The molecule has 1 aliphatic heterocycles. The quantitative estimate of drug-likeness (QED) is 0.623. The molecule has 0 saturated heterocycles. The number of nitrogens with zero attached hydrogens (tertiary/aromatic N) is 3. The number of fused-ring (bicyclic) bond motifs is 1. The van der Waals surface area contributed by atoms with E-state index in [1.807, 2.05) is 0 Å². The molecule has 0 atom stereocenters. The van der Waals surface area contributed by atoms with Crippen molar-refractivity contribution in [1.82, 2.24) is 4.90 Å². The lowest BCUT2D eigenvalue weighted by Gasteiger charge is -2.21. The first-order valence-corrected chi connectivity index (χ1v) is 6.40. The number of rotatable bonds is 5. The monoisotopic (exact) mass is 279 g/mol. The highest BCUT2D eigenvalue weighted by atomic mass is 16.6. The number of anilines is 1. The maximum Gasteiger partial charge on any atom is 0.271 e. The van der Waals surface area contributed by atoms with Crippen LogP contribution in [0, 0.1) is 10.1 Å². The van der Waals surface area contributed by atoms with Crippen molar-refractivity contribution in [2.75, 3.05) is 38.2 Å². The van der Waals surface area contributed by atoms with E-state index >= 15 is 0 Å². The molecule has 0 aromatic heterocycles. The third-order valence-electron chi connectivity index (χ3n) is 3.36. The van der Waals surface area contributed by atoms with Gasteiger partial charge in [-0.3, -0.25) is 19.8 Å². The van der Waals surface area contributed by atoms with Crippen LogP contribution in [0.4, 0.5) is 11.4 Å². The van der Waals surface area contributed by atoms with Crippen LogP contribution in [0.25, 0.3) is 0 Å². The van der Waals surface area contributed by atoms with Gasteiger partial charge >= 0.3 is 0 Å². The maximum atomic E-state index is 12.2. The zero-order valence-electron chi connectivity index (χ0n) is 11.3. The number of nitro groups is 1. The van der Waals surface area contributed by atoms with Crippen molar-refractivity contribution in [3.63, 3.8) is 0 Å². The fourth-order valence-corrected chi connectivity index (χ4v) is 2.31. The second kappa shape index (κ2) is 5.98. The van der Waals surface area contributed by atoms with Crippen LogP contribution >= 0.6 is 0 Å². The first-order valence-electron chi connectivity index (χ1n) is 6.40. The molecule has 0 unspecified atom stereocenters. The molecule has 1 aliphatic rings. The Bertz CT molecular complexity index is 532. The number of carbonyl (C=O) groups excluding carboxylic acids is 1. The van der Waals surface area contributed by atoms with Crippen molar-refractivity contribution in [1.29, 1.82) is 0 Å². The lowest BCUT2D eigenvalue weighted by molar-refractivity contribution is -0.384. The van der Waals surface area contributed by atoms with Gasteiger partial charge in [0.2, 0.25) is 5.91 Å². The summed E-state index contributed by atoms with van der Waals surface area (Å²) >= 11 is 0. The summed E-state index contributed by atoms with van der Waals surface area (Å²) in [7, 11) is 1.75. The molecule has 0 saturated carbocycles. The number of benzene rings is 1. The Morgan fingerprint density at radius 1 is 1.55 bits per heavy atom. The molecule has 1 aromatic carbocycles. The van der Waals surface area contributed by atoms with Crippen LogP contribution in [0.1, 0.15) is 5.56 Å². The van der Waals surface area contributed by atoms with Crippen LogP contribution in [-0.2, 0) is 11.2 Å². The highest BCUT2D eigenvalue weighted by Gasteiger charge is 2.27. The van der Waals surface area contributed by atoms with Crippen LogP contribution in [0.2, 0.25) is 0 Å². The van der Waals surface area contributed by atoms with Gasteiger partial charge in [0.05, 0.1) is 23.8 Å². The van der Waals surface area contributed by atoms with Crippen molar-refractivity contribution in [2.24, 2.45) is 0 Å². The van der Waals surface area contributed by atoms with E-state index in [2.05, 4.69) is 0 Å². The van der Waals surface area contributed by atoms with E-state index in [0.717, 1.165) is 5.56 Å². The van der Waals surface area contributed by atoms with E-state index in [1.165, 1.54) is 12.1 Å². The maximum absolute atomic E-state index is 12.2. The normalized spacial score (nSPS) is 13.7. The molecule has 1 aromatic rings. The van der Waals surface area contributed by atoms with E-state index in [1.54, 1.807) is 22.9 Å². The summed E-state index contributed by atoms with van der Waals surface area (Å²) in [5, 5.41) is 19.6. The highest BCUT2D eigenvalue weighted by molar-refractivity contribution is 5.97. The fourth-order valence-electron chi connectivity index (χ4n) is 2.31. The summed E-state index contributed by atoms with van der Waals surface area (Å²) in [6.45, 7) is 1.14. The second-order valence-electron chi connectivity index (χ2n) is 4.83. The summed E-state index contributed by atoms with van der Waals surface area (Å²) in [6, 6.07) is 4.62. The number of aliphatic hydroxyl groups excluding tert-OH is 1. The van der Waals surface area contributed by atoms with Gasteiger partial charge < -0.3 is 10.0 Å². The van der Waals surface area contributed by atoms with Crippen LogP contribution in [-0.4, -0.2) is 54.1 Å². The van der Waals surface area contributed by atoms with E-state index in [9.17, 15) is 14.9 Å². The van der Waals surface area contributed by atoms with Crippen LogP contribution in [0.15, 0.2) is 18.2 Å². The van der Waals surface area contributed by atoms with Gasteiger partial charge in [0.25, 0.3) is 5.69 Å². The van der Waals surface area contributed by atoms with Gasteiger partial charge in [0.1, 0.15) is 0 Å². The number of nitro benzene ring substituents is 1. The number of carbonyl (C=O) groups is 1. The van der Waals surface area contributed by atoms with Crippen LogP contribution < -0.4 is 4.90 Å². The zero-order chi connectivity index (χ0) is 14.7. The van der Waals surface area contributed by atoms with Gasteiger partial charge in [-0.05, 0) is 19.0 Å². The zero-order valence-corrected chi connectivity index (χ0v) is 11.3. The van der Waals surface area contributed by atoms with Gasteiger partial charge in [-0.25, -0.2) is 0 Å². The SMILES string of the molecule is CN(CCO)CC(=O)N1CCc2ccc([N+](=O)[O-])cc21. The summed E-state index contributed by atoms with van der Waals surface area (Å²) in [5.41, 5.74) is 1.57. The highest BCUT2D eigenvalue weighted by Crippen LogP contribution is 2.31. The summed E-state index contributed by atoms with van der Waals surface area (Å²) < 4.78 is 0. The van der Waals surface area contributed by atoms with E-state index < -0.39 is 4.92 Å². The second-order valence-corrected chi connectivity index (χ2v) is 4.83. The first-order chi connectivity index (χ1) is 9.52. The average molecular weight is 279 g/mol. The number of non-ortho nitro benzene ring substituents is 1. The number of amides is 1. The molecule has 7 heteroatoms. The van der Waals surface area contributed by atoms with E-state index in [4.69, 9.17) is 5.11 Å². The molecule has 20 heavy (non-hydrogen) atoms. The number of aliphatic hydroxyl groups is 1. The van der Waals surface area contributed by atoms with Crippen LogP contribution in [0.3, 0.4) is 0 Å². The molecule has 108 valence electrons. The number of hydrogen-bond donors (Lipinski definition) is 1. The number of hydrogen-bond acceptors (Lipinski definition) is 5. The minimum Gasteiger partial charge on any atom is -0.395 e. The summed E-state index contributed by atoms with van der Waals surface area (Å²) in [4.78, 5) is 25.9. The average Bonchev–Trinajstić information content (AvgIpc) is 2.81. The van der Waals surface area contributed by atoms with Gasteiger partial charge in [0, 0.05) is 25.2 Å². The predicted molar refractivity (Wildman–Crippen MR) is 73.7 cm³/mol. The molecule has 0 spiro atoms.